The lowest BCUT2D eigenvalue weighted by Gasteiger charge is -2.18. The van der Waals surface area contributed by atoms with Gasteiger partial charge in [-0.25, -0.2) is 0 Å². The van der Waals surface area contributed by atoms with Crippen LogP contribution in [0.2, 0.25) is 0 Å². The van der Waals surface area contributed by atoms with Gasteiger partial charge in [0.15, 0.2) is 0 Å². The monoisotopic (exact) mass is 265 g/mol. The first-order valence-electron chi connectivity index (χ1n) is 7.19. The number of Topliss-reactive ketones (excluding diaryl/α,β-unsaturated/α-hetero) is 1. The predicted molar refractivity (Wildman–Crippen MR) is 81.9 cm³/mol. The van der Waals surface area contributed by atoms with E-state index in [1.807, 2.05) is 36.4 Å². The van der Waals surface area contributed by atoms with E-state index in [0.717, 1.165) is 25.1 Å². The fraction of sp³-hybridized carbons (Fsp3) is 0.278. The highest BCUT2D eigenvalue weighted by atomic mass is 16.1. The summed E-state index contributed by atoms with van der Waals surface area (Å²) in [5.41, 5.74) is 2.35. The number of carbonyl (C=O) groups is 1. The SMILES string of the molecule is O=C(Cc1ccccc1)C1CCN(c2ccccc2)C1. The van der Waals surface area contributed by atoms with Gasteiger partial charge < -0.3 is 4.90 Å². The molecule has 20 heavy (non-hydrogen) atoms. The molecule has 0 radical (unpaired) electrons. The topological polar surface area (TPSA) is 20.3 Å². The van der Waals surface area contributed by atoms with E-state index in [1.54, 1.807) is 0 Å². The summed E-state index contributed by atoms with van der Waals surface area (Å²) < 4.78 is 0. The van der Waals surface area contributed by atoms with Crippen LogP contribution in [0.3, 0.4) is 0 Å². The van der Waals surface area contributed by atoms with E-state index in [9.17, 15) is 4.79 Å². The highest BCUT2D eigenvalue weighted by Gasteiger charge is 2.27. The van der Waals surface area contributed by atoms with Crippen molar-refractivity contribution in [2.75, 3.05) is 18.0 Å². The van der Waals surface area contributed by atoms with Crippen molar-refractivity contribution in [1.29, 1.82) is 0 Å². The zero-order valence-electron chi connectivity index (χ0n) is 11.5. The third-order valence-electron chi connectivity index (χ3n) is 3.99. The van der Waals surface area contributed by atoms with Gasteiger partial charge in [-0.2, -0.15) is 0 Å². The average molecular weight is 265 g/mol. The fourth-order valence-corrected chi connectivity index (χ4v) is 2.84. The van der Waals surface area contributed by atoms with Crippen molar-refractivity contribution in [2.24, 2.45) is 5.92 Å². The standard InChI is InChI=1S/C18H19NO/c20-18(13-15-7-3-1-4-8-15)16-11-12-19(14-16)17-9-5-2-6-10-17/h1-10,16H,11-14H2. The maximum Gasteiger partial charge on any atom is 0.142 e. The Kier molecular flexibility index (Phi) is 3.82. The van der Waals surface area contributed by atoms with E-state index in [1.165, 1.54) is 5.69 Å². The molecule has 3 rings (SSSR count). The van der Waals surface area contributed by atoms with Crippen molar-refractivity contribution in [2.45, 2.75) is 12.8 Å². The van der Waals surface area contributed by atoms with Crippen LogP contribution in [0.4, 0.5) is 5.69 Å². The average Bonchev–Trinajstić information content (AvgIpc) is 2.99. The lowest BCUT2D eigenvalue weighted by molar-refractivity contribution is -0.121. The minimum absolute atomic E-state index is 0.176. The molecule has 1 aliphatic heterocycles. The molecule has 0 amide bonds. The molecule has 0 bridgehead atoms. The Morgan fingerprint density at radius 2 is 1.65 bits per heavy atom. The van der Waals surface area contributed by atoms with Crippen LogP contribution >= 0.6 is 0 Å². The Hall–Kier alpha value is -2.09. The molecule has 0 aromatic heterocycles. The van der Waals surface area contributed by atoms with Crippen LogP contribution in [0.5, 0.6) is 0 Å². The summed E-state index contributed by atoms with van der Waals surface area (Å²) in [6.07, 6.45) is 1.54. The van der Waals surface area contributed by atoms with Crippen molar-refractivity contribution in [1.82, 2.24) is 0 Å². The van der Waals surface area contributed by atoms with Gasteiger partial charge in [-0.05, 0) is 24.1 Å². The van der Waals surface area contributed by atoms with Crippen LogP contribution in [-0.2, 0) is 11.2 Å². The molecule has 0 spiro atoms. The molecule has 1 heterocycles. The molecule has 2 heteroatoms. The first-order chi connectivity index (χ1) is 9.83. The van der Waals surface area contributed by atoms with Gasteiger partial charge in [0.05, 0.1) is 0 Å². The van der Waals surface area contributed by atoms with Crippen LogP contribution in [0, 0.1) is 5.92 Å². The Labute approximate surface area is 120 Å². The van der Waals surface area contributed by atoms with Gasteiger partial charge in [0, 0.05) is 31.1 Å². The van der Waals surface area contributed by atoms with Crippen molar-refractivity contribution in [3.8, 4) is 0 Å². The number of para-hydroxylation sites is 1. The number of hydrogen-bond donors (Lipinski definition) is 0. The van der Waals surface area contributed by atoms with Crippen LogP contribution in [0.15, 0.2) is 60.7 Å². The molecule has 0 aliphatic carbocycles. The first-order valence-corrected chi connectivity index (χ1v) is 7.19. The quantitative estimate of drug-likeness (QED) is 0.845. The number of carbonyl (C=O) groups excluding carboxylic acids is 1. The van der Waals surface area contributed by atoms with Crippen molar-refractivity contribution in [3.05, 3.63) is 66.2 Å². The van der Waals surface area contributed by atoms with Crippen LogP contribution < -0.4 is 4.90 Å². The molecule has 1 saturated heterocycles. The van der Waals surface area contributed by atoms with E-state index in [2.05, 4.69) is 29.2 Å². The molecule has 0 N–H and O–H groups in total. The molecule has 2 nitrogen and oxygen atoms in total. The highest BCUT2D eigenvalue weighted by molar-refractivity contribution is 5.84. The van der Waals surface area contributed by atoms with E-state index in [-0.39, 0.29) is 5.92 Å². The third kappa shape index (κ3) is 2.90. The number of ketones is 1. The Morgan fingerprint density at radius 1 is 1.00 bits per heavy atom. The molecule has 2 aromatic carbocycles. The van der Waals surface area contributed by atoms with E-state index < -0.39 is 0 Å². The summed E-state index contributed by atoms with van der Waals surface area (Å²) in [7, 11) is 0. The summed E-state index contributed by atoms with van der Waals surface area (Å²) in [6, 6.07) is 20.4. The number of nitrogens with zero attached hydrogens (tertiary/aromatic N) is 1. The van der Waals surface area contributed by atoms with Gasteiger partial charge in [-0.15, -0.1) is 0 Å². The minimum Gasteiger partial charge on any atom is -0.371 e. The van der Waals surface area contributed by atoms with Crippen LogP contribution in [-0.4, -0.2) is 18.9 Å². The lowest BCUT2D eigenvalue weighted by Crippen LogP contribution is -2.23. The Morgan fingerprint density at radius 3 is 2.35 bits per heavy atom. The fourth-order valence-electron chi connectivity index (χ4n) is 2.84. The smallest absolute Gasteiger partial charge is 0.142 e. The number of anilines is 1. The molecule has 1 atom stereocenters. The predicted octanol–water partition coefficient (Wildman–Crippen LogP) is 3.32. The summed E-state index contributed by atoms with van der Waals surface area (Å²) in [5, 5.41) is 0. The number of benzene rings is 2. The van der Waals surface area contributed by atoms with E-state index >= 15 is 0 Å². The molecule has 1 unspecified atom stereocenters. The Bertz CT molecular complexity index is 564. The van der Waals surface area contributed by atoms with E-state index in [4.69, 9.17) is 0 Å². The second kappa shape index (κ2) is 5.91. The van der Waals surface area contributed by atoms with Gasteiger partial charge in [0.25, 0.3) is 0 Å². The molecule has 1 aliphatic rings. The van der Waals surface area contributed by atoms with Gasteiger partial charge >= 0.3 is 0 Å². The second-order valence-corrected chi connectivity index (χ2v) is 5.40. The Balaban J connectivity index is 1.61. The first kappa shape index (κ1) is 12.9. The lowest BCUT2D eigenvalue weighted by atomic mass is 9.97. The molecule has 0 saturated carbocycles. The number of rotatable bonds is 4. The van der Waals surface area contributed by atoms with Gasteiger partial charge in [0.1, 0.15) is 5.78 Å². The molecular formula is C18H19NO. The molecule has 2 aromatic rings. The van der Waals surface area contributed by atoms with Crippen LogP contribution in [0.25, 0.3) is 0 Å². The summed E-state index contributed by atoms with van der Waals surface area (Å²) in [6.45, 7) is 1.84. The highest BCUT2D eigenvalue weighted by Crippen LogP contribution is 2.24. The van der Waals surface area contributed by atoms with E-state index in [0.29, 0.717) is 12.2 Å². The summed E-state index contributed by atoms with van der Waals surface area (Å²) >= 11 is 0. The maximum absolute atomic E-state index is 12.4. The van der Waals surface area contributed by atoms with Gasteiger partial charge in [0.2, 0.25) is 0 Å². The molecular weight excluding hydrogens is 246 g/mol. The second-order valence-electron chi connectivity index (χ2n) is 5.40. The molecule has 1 fully saturated rings. The van der Waals surface area contributed by atoms with Gasteiger partial charge in [-0.3, -0.25) is 4.79 Å². The van der Waals surface area contributed by atoms with Crippen molar-refractivity contribution >= 4 is 11.5 Å². The normalized spacial score (nSPS) is 18.2. The minimum atomic E-state index is 0.176. The zero-order chi connectivity index (χ0) is 13.8. The summed E-state index contributed by atoms with van der Waals surface area (Å²) in [5.74, 6) is 0.546. The zero-order valence-corrected chi connectivity index (χ0v) is 11.5. The van der Waals surface area contributed by atoms with Crippen molar-refractivity contribution < 1.29 is 4.79 Å². The number of hydrogen-bond acceptors (Lipinski definition) is 2. The largest absolute Gasteiger partial charge is 0.371 e. The van der Waals surface area contributed by atoms with Crippen molar-refractivity contribution in [3.63, 3.8) is 0 Å². The van der Waals surface area contributed by atoms with Gasteiger partial charge in [-0.1, -0.05) is 48.5 Å². The summed E-state index contributed by atoms with van der Waals surface area (Å²) in [4.78, 5) is 14.7. The molecule has 102 valence electrons. The van der Waals surface area contributed by atoms with Crippen LogP contribution in [0.1, 0.15) is 12.0 Å². The third-order valence-corrected chi connectivity index (χ3v) is 3.99. The maximum atomic E-state index is 12.4.